The quantitative estimate of drug-likeness (QED) is 0.0686. The van der Waals surface area contributed by atoms with Gasteiger partial charge in [0.2, 0.25) is 0 Å². The van der Waals surface area contributed by atoms with Gasteiger partial charge in [-0.2, -0.15) is 4.91 Å². The molecule has 2 amide bonds. The Hall–Kier alpha value is -4.86. The average molecular weight is 766 g/mol. The van der Waals surface area contributed by atoms with Crippen molar-refractivity contribution in [2.45, 2.75) is 78.7 Å². The van der Waals surface area contributed by atoms with Crippen LogP contribution in [0.25, 0.3) is 33.6 Å². The summed E-state index contributed by atoms with van der Waals surface area (Å²) in [7, 11) is 0. The van der Waals surface area contributed by atoms with E-state index in [4.69, 9.17) is 9.47 Å². The average Bonchev–Trinajstić information content (AvgIpc) is 3.84. The number of nitrogens with zero attached hydrogens (tertiary/aromatic N) is 3. The highest BCUT2D eigenvalue weighted by atomic mass is 19.1. The summed E-state index contributed by atoms with van der Waals surface area (Å²) >= 11 is 0. The molecule has 298 valence electrons. The summed E-state index contributed by atoms with van der Waals surface area (Å²) in [5.41, 5.74) is 1.00. The van der Waals surface area contributed by atoms with Crippen molar-refractivity contribution < 1.29 is 33.0 Å². The molecular weight excluding hydrogens is 712 g/mol. The molecule has 0 radical (unpaired) electrons. The van der Waals surface area contributed by atoms with Crippen LogP contribution in [-0.4, -0.2) is 87.8 Å². The number of hydrogen-bond acceptors (Lipinski definition) is 9. The number of aromatic amines is 2. The van der Waals surface area contributed by atoms with Crippen molar-refractivity contribution in [1.82, 2.24) is 30.6 Å². The number of aliphatic hydroxyl groups excluding tert-OH is 1. The number of alkyl halides is 2. The number of halogens is 2. The zero-order chi connectivity index (χ0) is 40.6. The van der Waals surface area contributed by atoms with E-state index in [-0.39, 0.29) is 13.2 Å². The maximum Gasteiger partial charge on any atom is 0.254 e. The second kappa shape index (κ2) is 17.7. The molecule has 3 unspecified atom stereocenters. The third-order valence-corrected chi connectivity index (χ3v) is 9.37. The van der Waals surface area contributed by atoms with Crippen molar-refractivity contribution in [3.05, 3.63) is 77.5 Å². The van der Waals surface area contributed by atoms with Crippen molar-refractivity contribution in [2.75, 3.05) is 39.7 Å². The van der Waals surface area contributed by atoms with Gasteiger partial charge in [-0.05, 0) is 46.9 Å². The molecule has 2 aromatic carbocycles. The zero-order valence-electron chi connectivity index (χ0n) is 32.8. The van der Waals surface area contributed by atoms with Crippen molar-refractivity contribution >= 4 is 11.8 Å². The molecule has 0 fully saturated rings. The number of hydrogen-bond donors (Lipinski definition) is 5. The van der Waals surface area contributed by atoms with E-state index in [1.54, 1.807) is 12.4 Å². The Labute approximate surface area is 320 Å². The van der Waals surface area contributed by atoms with Gasteiger partial charge in [-0.1, -0.05) is 95.3 Å². The van der Waals surface area contributed by atoms with Crippen molar-refractivity contribution in [3.8, 4) is 33.6 Å². The van der Waals surface area contributed by atoms with Gasteiger partial charge in [0.25, 0.3) is 11.8 Å². The zero-order valence-corrected chi connectivity index (χ0v) is 32.8. The molecule has 15 heteroatoms. The van der Waals surface area contributed by atoms with Crippen LogP contribution in [0.4, 0.5) is 8.78 Å². The summed E-state index contributed by atoms with van der Waals surface area (Å²) in [4.78, 5) is 53.3. The first-order valence-electron chi connectivity index (χ1n) is 18.1. The summed E-state index contributed by atoms with van der Waals surface area (Å²) in [5.74, 6) is -0.134. The van der Waals surface area contributed by atoms with E-state index in [0.717, 1.165) is 33.6 Å². The third kappa shape index (κ3) is 10.5. The van der Waals surface area contributed by atoms with E-state index in [9.17, 15) is 28.4 Å². The Morgan fingerprint density at radius 3 is 1.40 bits per heavy atom. The molecule has 0 saturated carbocycles. The number of aromatic nitrogens is 4. The monoisotopic (exact) mass is 765 g/mol. The molecule has 4 aromatic rings. The maximum absolute atomic E-state index is 13.3. The first kappa shape index (κ1) is 42.9. The number of nitrogens with one attached hydrogen (secondary N) is 4. The van der Waals surface area contributed by atoms with Crippen LogP contribution < -0.4 is 10.6 Å². The van der Waals surface area contributed by atoms with Crippen molar-refractivity contribution in [1.29, 1.82) is 0 Å². The minimum Gasteiger partial charge on any atom is -0.393 e. The third-order valence-electron chi connectivity index (χ3n) is 9.37. The first-order valence-corrected chi connectivity index (χ1v) is 18.1. The lowest BCUT2D eigenvalue weighted by atomic mass is 9.85. The van der Waals surface area contributed by atoms with Crippen LogP contribution in [-0.2, 0) is 19.1 Å². The maximum atomic E-state index is 13.3. The number of imidazole rings is 2. The van der Waals surface area contributed by atoms with E-state index in [1.165, 1.54) is 13.8 Å². The van der Waals surface area contributed by atoms with E-state index in [0.29, 0.717) is 11.6 Å². The Bertz CT molecular complexity index is 1880. The van der Waals surface area contributed by atoms with Crippen LogP contribution in [0.2, 0.25) is 0 Å². The molecule has 2 heterocycles. The Kier molecular flexibility index (Phi) is 13.8. The molecule has 0 bridgehead atoms. The van der Waals surface area contributed by atoms with Gasteiger partial charge in [0.1, 0.15) is 31.5 Å². The number of carbonyl (C=O) groups is 2. The van der Waals surface area contributed by atoms with Crippen molar-refractivity contribution in [2.24, 2.45) is 16.0 Å². The lowest BCUT2D eigenvalue weighted by Gasteiger charge is -2.34. The molecule has 0 spiro atoms. The molecule has 5 N–H and O–H groups in total. The van der Waals surface area contributed by atoms with Gasteiger partial charge in [0.15, 0.2) is 11.2 Å². The van der Waals surface area contributed by atoms with Gasteiger partial charge < -0.3 is 35.2 Å². The highest BCUT2D eigenvalue weighted by Crippen LogP contribution is 2.35. The minimum absolute atomic E-state index is 0.312. The molecule has 4 rings (SSSR count). The van der Waals surface area contributed by atoms with Gasteiger partial charge in [0, 0.05) is 0 Å². The van der Waals surface area contributed by atoms with Crippen LogP contribution in [0.1, 0.15) is 79.1 Å². The number of ether oxygens (including phenoxy) is 2. The molecule has 0 aliphatic rings. The van der Waals surface area contributed by atoms with E-state index in [1.807, 2.05) is 90.1 Å². The Morgan fingerprint density at radius 1 is 0.691 bits per heavy atom. The largest absolute Gasteiger partial charge is 0.393 e. The second-order valence-electron chi connectivity index (χ2n) is 16.0. The Morgan fingerprint density at radius 2 is 1.05 bits per heavy atom. The fraction of sp³-hybridized carbons (Fsp3) is 0.500. The van der Waals surface area contributed by atoms with Crippen molar-refractivity contribution in [3.63, 3.8) is 0 Å². The van der Waals surface area contributed by atoms with Crippen LogP contribution in [0.15, 0.2) is 66.1 Å². The fourth-order valence-corrected chi connectivity index (χ4v) is 5.92. The first-order chi connectivity index (χ1) is 25.9. The molecule has 55 heavy (non-hydrogen) atoms. The van der Waals surface area contributed by atoms with Gasteiger partial charge in [-0.15, -0.1) is 0 Å². The second-order valence-corrected chi connectivity index (χ2v) is 16.0. The topological polar surface area (TPSA) is 184 Å². The molecule has 2 aromatic heterocycles. The fourth-order valence-electron chi connectivity index (χ4n) is 5.92. The number of H-pyrrole nitrogens is 2. The molecule has 4 atom stereocenters. The summed E-state index contributed by atoms with van der Waals surface area (Å²) in [6.45, 7) is 11.2. The summed E-state index contributed by atoms with van der Waals surface area (Å²) in [6, 6.07) is 14.7. The van der Waals surface area contributed by atoms with E-state index in [2.05, 4.69) is 35.7 Å². The van der Waals surface area contributed by atoms with E-state index < -0.39 is 72.4 Å². The van der Waals surface area contributed by atoms with Crippen LogP contribution >= 0.6 is 0 Å². The highest BCUT2D eigenvalue weighted by molar-refractivity contribution is 5.86. The van der Waals surface area contributed by atoms with E-state index >= 15 is 0 Å². The Balaban J connectivity index is 1.49. The molecule has 13 nitrogen and oxygen atoms in total. The molecular formula is C40H53F2N7O6. The summed E-state index contributed by atoms with van der Waals surface area (Å²) in [6.07, 6.45) is 3.39. The number of nitroso groups, excluding NO2 is 1. The summed E-state index contributed by atoms with van der Waals surface area (Å²) < 4.78 is 36.3. The number of benzene rings is 2. The standard InChI is InChI=1S/C40H53F2N7O6/c1-37(2,3)31(48-35(51)39(7,23-45-53)54-19-17-41)33-43-21-29(46-33)27-13-9-25(10-14-27)26-11-15-28(16-12-26)30-22-44-34(47-30)32(38(4,5)6)49-36(52)40(8,24-50)55-20-18-42/h9-16,21-22,31-32,50H,17-20,23-24H2,1-8H3,(H,43,46)(H,44,47)(H,48,51)(H,49,52)/t31?,32-,39?,40?/m1/s1. The van der Waals surface area contributed by atoms with Gasteiger partial charge in [-0.25, -0.2) is 18.7 Å². The smallest absolute Gasteiger partial charge is 0.254 e. The number of rotatable bonds is 18. The lowest BCUT2D eigenvalue weighted by molar-refractivity contribution is -0.152. The molecule has 0 aliphatic heterocycles. The highest BCUT2D eigenvalue weighted by Gasteiger charge is 2.41. The number of carbonyl (C=O) groups excluding carboxylic acids is 2. The van der Waals surface area contributed by atoms with Gasteiger partial charge >= 0.3 is 0 Å². The number of aliphatic hydroxyl groups is 1. The predicted octanol–water partition coefficient (Wildman–Crippen LogP) is 6.79. The van der Waals surface area contributed by atoms with Crippen LogP contribution in [0.3, 0.4) is 0 Å². The molecule has 0 aliphatic carbocycles. The van der Waals surface area contributed by atoms with Gasteiger partial charge in [-0.3, -0.25) is 9.59 Å². The normalized spacial score (nSPS) is 15.4. The van der Waals surface area contributed by atoms with Crippen LogP contribution in [0, 0.1) is 15.7 Å². The summed E-state index contributed by atoms with van der Waals surface area (Å²) in [5, 5.41) is 18.5. The predicted molar refractivity (Wildman–Crippen MR) is 206 cm³/mol. The van der Waals surface area contributed by atoms with Crippen LogP contribution in [0.5, 0.6) is 0 Å². The number of amides is 2. The molecule has 0 saturated heterocycles. The van der Waals surface area contributed by atoms with Gasteiger partial charge in [0.05, 0.1) is 55.7 Å². The lowest BCUT2D eigenvalue weighted by Crippen LogP contribution is -2.52. The minimum atomic E-state index is -1.63. The SMILES string of the molecule is CC(CN=O)(OCCF)C(=O)NC(c1ncc(-c2ccc(-c3ccc(-c4cnc([C@@H](NC(=O)C(C)(CO)OCCF)C(C)(C)C)[nH]4)cc3)cc2)[nH]1)C(C)(C)C.